The zero-order valence-electron chi connectivity index (χ0n) is 27.8. The summed E-state index contributed by atoms with van der Waals surface area (Å²) in [6.07, 6.45) is 0. The highest BCUT2D eigenvalue weighted by Crippen LogP contribution is 2.46. The Bertz CT molecular complexity index is 2820. The Labute approximate surface area is 295 Å². The van der Waals surface area contributed by atoms with Crippen molar-refractivity contribution in [2.24, 2.45) is 0 Å². The first-order chi connectivity index (χ1) is 25.3. The Kier molecular flexibility index (Phi) is 6.81. The normalized spacial score (nSPS) is 11.5. The van der Waals surface area contributed by atoms with Gasteiger partial charge in [0.05, 0.1) is 11.2 Å². The zero-order chi connectivity index (χ0) is 33.7. The van der Waals surface area contributed by atoms with E-state index in [1.54, 1.807) is 0 Å². The third-order valence-electron chi connectivity index (χ3n) is 10.00. The number of nitrogens with zero attached hydrogens (tertiary/aromatic N) is 2. The molecule has 0 saturated carbocycles. The van der Waals surface area contributed by atoms with E-state index in [0.29, 0.717) is 0 Å². The van der Waals surface area contributed by atoms with E-state index in [1.807, 2.05) is 0 Å². The first-order valence-corrected chi connectivity index (χ1v) is 17.4. The van der Waals surface area contributed by atoms with Crippen molar-refractivity contribution >= 4 is 60.8 Å². The van der Waals surface area contributed by atoms with Crippen LogP contribution in [0.25, 0.3) is 71.7 Å². The Hall–Kier alpha value is -6.84. The average Bonchev–Trinajstić information content (AvgIpc) is 3.74. The highest BCUT2D eigenvalue weighted by molar-refractivity contribution is 6.18. The molecule has 0 aliphatic heterocycles. The monoisotopic (exact) mass is 652 g/mol. The van der Waals surface area contributed by atoms with Crippen LogP contribution in [-0.2, 0) is 0 Å². The van der Waals surface area contributed by atoms with Crippen molar-refractivity contribution in [2.75, 3.05) is 4.90 Å². The Morgan fingerprint density at radius 1 is 0.392 bits per heavy atom. The maximum atomic E-state index is 6.99. The molecule has 0 fully saturated rings. The van der Waals surface area contributed by atoms with Gasteiger partial charge in [0.25, 0.3) is 0 Å². The molecule has 10 aromatic rings. The molecule has 51 heavy (non-hydrogen) atoms. The number of furan rings is 1. The molecule has 0 unspecified atom stereocenters. The van der Waals surface area contributed by atoms with E-state index in [0.717, 1.165) is 55.7 Å². The van der Waals surface area contributed by atoms with Crippen LogP contribution in [0.5, 0.6) is 0 Å². The third kappa shape index (κ3) is 4.82. The maximum Gasteiger partial charge on any atom is 0.161 e. The number of hydrogen-bond donors (Lipinski definition) is 0. The fourth-order valence-corrected chi connectivity index (χ4v) is 7.63. The standard InChI is InChI=1S/C48H32N2O/c1-3-13-33(14-4-1)34-25-29-38(30-26-34)49(39-31-27-36(28-32-39)41-21-11-16-35-15-7-8-19-40(35)41)45-24-12-22-43-46-48(51-47(43)45)42-20-9-10-23-44(42)50(46)37-17-5-2-6-18-37/h1-32H. The molecule has 0 radical (unpaired) electrons. The van der Waals surface area contributed by atoms with Crippen molar-refractivity contribution in [3.8, 4) is 27.9 Å². The average molecular weight is 653 g/mol. The fraction of sp³-hybridized carbons (Fsp3) is 0. The van der Waals surface area contributed by atoms with Gasteiger partial charge in [0.2, 0.25) is 0 Å². The van der Waals surface area contributed by atoms with E-state index in [1.165, 1.54) is 33.0 Å². The lowest BCUT2D eigenvalue weighted by atomic mass is 9.98. The van der Waals surface area contributed by atoms with Gasteiger partial charge in [0.15, 0.2) is 11.2 Å². The topological polar surface area (TPSA) is 21.3 Å². The lowest BCUT2D eigenvalue weighted by molar-refractivity contribution is 0.673. The zero-order valence-corrected chi connectivity index (χ0v) is 27.8. The molecule has 0 amide bonds. The first-order valence-electron chi connectivity index (χ1n) is 17.4. The van der Waals surface area contributed by atoms with Crippen LogP contribution in [0.1, 0.15) is 0 Å². The molecule has 0 bridgehead atoms. The molecule has 2 aromatic heterocycles. The van der Waals surface area contributed by atoms with Crippen molar-refractivity contribution in [2.45, 2.75) is 0 Å². The van der Waals surface area contributed by atoms with Crippen LogP contribution < -0.4 is 4.90 Å². The minimum Gasteiger partial charge on any atom is -0.451 e. The summed E-state index contributed by atoms with van der Waals surface area (Å²) < 4.78 is 9.33. The summed E-state index contributed by atoms with van der Waals surface area (Å²) in [5.41, 5.74) is 12.9. The summed E-state index contributed by atoms with van der Waals surface area (Å²) in [6.45, 7) is 0. The Morgan fingerprint density at radius 2 is 0.961 bits per heavy atom. The molecular formula is C48H32N2O. The van der Waals surface area contributed by atoms with E-state index < -0.39 is 0 Å². The van der Waals surface area contributed by atoms with Gasteiger partial charge in [-0.1, -0.05) is 133 Å². The SMILES string of the molecule is c1ccc(-c2ccc(N(c3ccc(-c4cccc5ccccc45)cc3)c3cccc4c3oc3c5ccccc5n(-c5ccccc5)c43)cc2)cc1. The van der Waals surface area contributed by atoms with Crippen molar-refractivity contribution in [3.63, 3.8) is 0 Å². The van der Waals surface area contributed by atoms with Gasteiger partial charge in [0, 0.05) is 27.8 Å². The molecule has 2 heterocycles. The lowest BCUT2D eigenvalue weighted by Crippen LogP contribution is -2.10. The highest BCUT2D eigenvalue weighted by atomic mass is 16.3. The van der Waals surface area contributed by atoms with Crippen LogP contribution in [0.2, 0.25) is 0 Å². The fourth-order valence-electron chi connectivity index (χ4n) is 7.63. The van der Waals surface area contributed by atoms with Crippen LogP contribution in [0, 0.1) is 0 Å². The molecule has 0 spiro atoms. The first kappa shape index (κ1) is 29.1. The molecule has 0 aliphatic carbocycles. The summed E-state index contributed by atoms with van der Waals surface area (Å²) in [5.74, 6) is 0. The van der Waals surface area contributed by atoms with Crippen molar-refractivity contribution < 1.29 is 4.42 Å². The summed E-state index contributed by atoms with van der Waals surface area (Å²) in [6, 6.07) is 69.0. The van der Waals surface area contributed by atoms with Gasteiger partial charge in [0.1, 0.15) is 5.52 Å². The van der Waals surface area contributed by atoms with Crippen LogP contribution in [0.15, 0.2) is 199 Å². The maximum absolute atomic E-state index is 6.99. The molecule has 3 nitrogen and oxygen atoms in total. The minimum absolute atomic E-state index is 0.850. The van der Waals surface area contributed by atoms with E-state index in [-0.39, 0.29) is 0 Å². The van der Waals surface area contributed by atoms with E-state index in [2.05, 4.69) is 204 Å². The second-order valence-corrected chi connectivity index (χ2v) is 12.9. The molecule has 0 saturated heterocycles. The number of fused-ring (bicyclic) bond motifs is 6. The van der Waals surface area contributed by atoms with Gasteiger partial charge in [-0.2, -0.15) is 0 Å². The van der Waals surface area contributed by atoms with Gasteiger partial charge in [-0.25, -0.2) is 0 Å². The van der Waals surface area contributed by atoms with E-state index in [4.69, 9.17) is 4.42 Å². The lowest BCUT2D eigenvalue weighted by Gasteiger charge is -2.26. The molecular weight excluding hydrogens is 621 g/mol. The molecule has 10 rings (SSSR count). The Morgan fingerprint density at radius 3 is 1.73 bits per heavy atom. The number of anilines is 3. The van der Waals surface area contributed by atoms with Crippen LogP contribution >= 0.6 is 0 Å². The second kappa shape index (κ2) is 11.9. The predicted molar refractivity (Wildman–Crippen MR) is 214 cm³/mol. The third-order valence-corrected chi connectivity index (χ3v) is 10.00. The van der Waals surface area contributed by atoms with Gasteiger partial charge in [-0.3, -0.25) is 0 Å². The summed E-state index contributed by atoms with van der Waals surface area (Å²) >= 11 is 0. The minimum atomic E-state index is 0.850. The summed E-state index contributed by atoms with van der Waals surface area (Å²) in [5, 5.41) is 4.65. The van der Waals surface area contributed by atoms with Crippen molar-refractivity contribution in [1.29, 1.82) is 0 Å². The Balaban J connectivity index is 1.18. The highest BCUT2D eigenvalue weighted by Gasteiger charge is 2.24. The van der Waals surface area contributed by atoms with Crippen molar-refractivity contribution in [1.82, 2.24) is 4.57 Å². The number of rotatable bonds is 6. The quantitative estimate of drug-likeness (QED) is 0.178. The van der Waals surface area contributed by atoms with Crippen molar-refractivity contribution in [3.05, 3.63) is 194 Å². The molecule has 0 N–H and O–H groups in total. The largest absolute Gasteiger partial charge is 0.451 e. The predicted octanol–water partition coefficient (Wildman–Crippen LogP) is 13.5. The summed E-state index contributed by atoms with van der Waals surface area (Å²) in [7, 11) is 0. The molecule has 3 heteroatoms. The van der Waals surface area contributed by atoms with Gasteiger partial charge < -0.3 is 13.9 Å². The second-order valence-electron chi connectivity index (χ2n) is 12.9. The van der Waals surface area contributed by atoms with Crippen LogP contribution in [0.3, 0.4) is 0 Å². The summed E-state index contributed by atoms with van der Waals surface area (Å²) in [4.78, 5) is 2.32. The smallest absolute Gasteiger partial charge is 0.161 e. The van der Waals surface area contributed by atoms with E-state index >= 15 is 0 Å². The number of hydrogen-bond acceptors (Lipinski definition) is 2. The number of para-hydroxylation sites is 3. The van der Waals surface area contributed by atoms with Crippen LogP contribution in [0.4, 0.5) is 17.1 Å². The van der Waals surface area contributed by atoms with Gasteiger partial charge in [-0.05, 0) is 93.7 Å². The van der Waals surface area contributed by atoms with Gasteiger partial charge in [-0.15, -0.1) is 0 Å². The van der Waals surface area contributed by atoms with E-state index in [9.17, 15) is 0 Å². The molecule has 0 atom stereocenters. The number of aromatic nitrogens is 1. The number of benzene rings is 8. The van der Waals surface area contributed by atoms with Crippen LogP contribution in [-0.4, -0.2) is 4.57 Å². The molecule has 240 valence electrons. The van der Waals surface area contributed by atoms with Gasteiger partial charge >= 0.3 is 0 Å². The molecule has 0 aliphatic rings. The molecule has 8 aromatic carbocycles.